The number of hydrogen-bond acceptors (Lipinski definition) is 4. The van der Waals surface area contributed by atoms with Gasteiger partial charge >= 0.3 is 6.36 Å². The number of halogens is 4. The summed E-state index contributed by atoms with van der Waals surface area (Å²) < 4.78 is 48.7. The highest BCUT2D eigenvalue weighted by Crippen LogP contribution is 2.53. The minimum Gasteiger partial charge on any atom is -0.618 e. The van der Waals surface area contributed by atoms with Crippen LogP contribution in [0.5, 0.6) is 0 Å². The molecule has 2 aliphatic carbocycles. The molecule has 1 aromatic rings. The third-order valence-corrected chi connectivity index (χ3v) is 7.26. The average molecular weight is 495 g/mol. The Kier molecular flexibility index (Phi) is 6.25. The second-order valence-corrected chi connectivity index (χ2v) is 9.69. The van der Waals surface area contributed by atoms with Crippen molar-refractivity contribution in [1.82, 2.24) is 4.90 Å². The number of likely N-dealkylation sites (tertiary alicyclic amines) is 1. The van der Waals surface area contributed by atoms with Crippen molar-refractivity contribution in [1.29, 1.82) is 0 Å². The molecule has 34 heavy (non-hydrogen) atoms. The molecule has 2 fully saturated rings. The summed E-state index contributed by atoms with van der Waals surface area (Å²) in [4.78, 5) is 2.33. The first kappa shape index (κ1) is 23.5. The fraction of sp³-hybridized carbons (Fsp3) is 0.480. The summed E-state index contributed by atoms with van der Waals surface area (Å²) in [6, 6.07) is 3.25. The van der Waals surface area contributed by atoms with Gasteiger partial charge in [0.2, 0.25) is 5.69 Å². The molecular formula is C25H26ClF3N2O3. The highest BCUT2D eigenvalue weighted by molar-refractivity contribution is 6.30. The van der Waals surface area contributed by atoms with Crippen LogP contribution < -0.4 is 4.73 Å². The van der Waals surface area contributed by atoms with Gasteiger partial charge in [-0.25, -0.2) is 0 Å². The van der Waals surface area contributed by atoms with Crippen LogP contribution in [-0.2, 0) is 9.47 Å². The fourth-order valence-electron chi connectivity index (χ4n) is 5.44. The number of hydrogen-bond donors (Lipinski definition) is 0. The van der Waals surface area contributed by atoms with E-state index in [2.05, 4.69) is 21.8 Å². The van der Waals surface area contributed by atoms with E-state index in [0.717, 1.165) is 55.6 Å². The summed E-state index contributed by atoms with van der Waals surface area (Å²) >= 11 is 6.18. The highest BCUT2D eigenvalue weighted by atomic mass is 35.5. The maximum Gasteiger partial charge on any atom is 0.573 e. The lowest BCUT2D eigenvalue weighted by atomic mass is 9.79. The van der Waals surface area contributed by atoms with Crippen LogP contribution in [0, 0.1) is 11.1 Å². The van der Waals surface area contributed by atoms with E-state index in [1.807, 2.05) is 0 Å². The molecule has 2 atom stereocenters. The molecule has 5 rings (SSSR count). The first-order valence-electron chi connectivity index (χ1n) is 11.6. The molecule has 1 aromatic heterocycles. The molecule has 4 aliphatic rings. The Bertz CT molecular complexity index is 1070. The first-order valence-corrected chi connectivity index (χ1v) is 11.9. The van der Waals surface area contributed by atoms with Gasteiger partial charge in [-0.1, -0.05) is 29.8 Å². The summed E-state index contributed by atoms with van der Waals surface area (Å²) in [6.45, 7) is 2.39. The summed E-state index contributed by atoms with van der Waals surface area (Å²) in [7, 11) is 0. The van der Waals surface area contributed by atoms with Gasteiger partial charge in [-0.2, -0.15) is 4.73 Å². The third-order valence-electron chi connectivity index (χ3n) is 7.03. The topological polar surface area (TPSA) is 48.6 Å². The normalized spacial score (nSPS) is 26.6. The van der Waals surface area contributed by atoms with E-state index in [1.54, 1.807) is 18.2 Å². The monoisotopic (exact) mass is 494 g/mol. The number of fused-ring (bicyclic) bond motifs is 2. The van der Waals surface area contributed by atoms with Crippen LogP contribution in [0.25, 0.3) is 0 Å². The van der Waals surface area contributed by atoms with E-state index in [9.17, 15) is 18.4 Å². The maximum absolute atomic E-state index is 12.5. The Morgan fingerprint density at radius 1 is 1.21 bits per heavy atom. The van der Waals surface area contributed by atoms with Crippen molar-refractivity contribution < 1.29 is 27.4 Å². The molecule has 0 aromatic carbocycles. The van der Waals surface area contributed by atoms with E-state index in [4.69, 9.17) is 16.3 Å². The number of pyridine rings is 1. The van der Waals surface area contributed by atoms with Gasteiger partial charge < -0.3 is 19.6 Å². The van der Waals surface area contributed by atoms with E-state index >= 15 is 0 Å². The predicted molar refractivity (Wildman–Crippen MR) is 121 cm³/mol. The number of aromatic nitrogens is 1. The summed E-state index contributed by atoms with van der Waals surface area (Å²) in [5.74, 6) is -0.00552. The molecule has 0 bridgehead atoms. The Morgan fingerprint density at radius 3 is 2.68 bits per heavy atom. The first-order chi connectivity index (χ1) is 16.2. The number of piperidine rings is 1. The van der Waals surface area contributed by atoms with Gasteiger partial charge in [0, 0.05) is 31.8 Å². The summed E-state index contributed by atoms with van der Waals surface area (Å²) in [5.41, 5.74) is 2.34. The fourth-order valence-corrected chi connectivity index (χ4v) is 5.61. The quantitative estimate of drug-likeness (QED) is 0.408. The predicted octanol–water partition coefficient (Wildman–Crippen LogP) is 5.52. The van der Waals surface area contributed by atoms with Crippen molar-refractivity contribution in [3.8, 4) is 0 Å². The Labute approximate surface area is 201 Å². The summed E-state index contributed by atoms with van der Waals surface area (Å²) in [6.07, 6.45) is 9.42. The van der Waals surface area contributed by atoms with Crippen molar-refractivity contribution in [2.24, 2.45) is 5.92 Å². The van der Waals surface area contributed by atoms with Gasteiger partial charge in [0.05, 0.1) is 10.6 Å². The van der Waals surface area contributed by atoms with Crippen LogP contribution in [0.2, 0.25) is 5.02 Å². The zero-order valence-electron chi connectivity index (χ0n) is 18.6. The second kappa shape index (κ2) is 9.06. The lowest BCUT2D eigenvalue weighted by Crippen LogP contribution is -2.46. The number of nitrogens with zero attached hydrogens (tertiary/aromatic N) is 2. The maximum atomic E-state index is 12.5. The van der Waals surface area contributed by atoms with Crippen LogP contribution in [0.15, 0.2) is 65.6 Å². The molecule has 5 nitrogen and oxygen atoms in total. The standard InChI is InChI=1S/C25H26ClF3N2O3/c26-18-9-12-31(32)22(15-18)23-20-3-1-2-4-21(20)24(34-23)10-13-30(14-11-24)16-17-5-7-19(8-6-17)33-25(27,28)29/h3-5,7-9,12,15,17,23H,1-2,6,10-11,13-14,16H2. The zero-order valence-corrected chi connectivity index (χ0v) is 19.3. The molecule has 3 heterocycles. The van der Waals surface area contributed by atoms with Crippen LogP contribution in [0.1, 0.15) is 43.9 Å². The van der Waals surface area contributed by atoms with Gasteiger partial charge in [0.25, 0.3) is 0 Å². The van der Waals surface area contributed by atoms with Gasteiger partial charge in [-0.15, -0.1) is 13.2 Å². The smallest absolute Gasteiger partial charge is 0.573 e. The van der Waals surface area contributed by atoms with Crippen molar-refractivity contribution in [3.63, 3.8) is 0 Å². The molecule has 0 N–H and O–H groups in total. The molecule has 0 amide bonds. The van der Waals surface area contributed by atoms with Crippen LogP contribution in [0.4, 0.5) is 13.2 Å². The largest absolute Gasteiger partial charge is 0.618 e. The Morgan fingerprint density at radius 2 is 1.97 bits per heavy atom. The SMILES string of the molecule is [O-][n+]1ccc(Cl)cc1C1OC2(CCN(CC3C=CC(OC(F)(F)F)=CC3)CC2)C2=CCCC=C21. The lowest BCUT2D eigenvalue weighted by Gasteiger charge is -2.41. The molecule has 9 heteroatoms. The molecular weight excluding hydrogens is 469 g/mol. The van der Waals surface area contributed by atoms with Crippen molar-refractivity contribution in [3.05, 3.63) is 81.5 Å². The molecule has 2 saturated heterocycles. The van der Waals surface area contributed by atoms with Crippen LogP contribution in [-0.4, -0.2) is 36.5 Å². The molecule has 182 valence electrons. The van der Waals surface area contributed by atoms with Gasteiger partial charge in [0.15, 0.2) is 12.3 Å². The number of rotatable bonds is 4. The number of allylic oxidation sites excluding steroid dienone is 4. The molecule has 0 radical (unpaired) electrons. The van der Waals surface area contributed by atoms with Gasteiger partial charge in [-0.05, 0) is 61.3 Å². The molecule has 2 aliphatic heterocycles. The Balaban J connectivity index is 1.25. The van der Waals surface area contributed by atoms with E-state index in [1.165, 1.54) is 23.9 Å². The number of alkyl halides is 3. The molecule has 1 spiro atoms. The van der Waals surface area contributed by atoms with Crippen molar-refractivity contribution in [2.45, 2.75) is 50.2 Å². The van der Waals surface area contributed by atoms with Crippen molar-refractivity contribution >= 4 is 11.6 Å². The zero-order chi connectivity index (χ0) is 23.9. The second-order valence-electron chi connectivity index (χ2n) is 9.25. The van der Waals surface area contributed by atoms with E-state index in [-0.39, 0.29) is 11.7 Å². The van der Waals surface area contributed by atoms with Crippen LogP contribution in [0.3, 0.4) is 0 Å². The highest BCUT2D eigenvalue weighted by Gasteiger charge is 2.51. The Hall–Kier alpha value is -2.29. The summed E-state index contributed by atoms with van der Waals surface area (Å²) in [5, 5.41) is 13.0. The van der Waals surface area contributed by atoms with E-state index < -0.39 is 18.1 Å². The average Bonchev–Trinajstić information content (AvgIpc) is 3.11. The lowest BCUT2D eigenvalue weighted by molar-refractivity contribution is -0.618. The minimum absolute atomic E-state index is 0.141. The van der Waals surface area contributed by atoms with Gasteiger partial charge in [0.1, 0.15) is 5.76 Å². The van der Waals surface area contributed by atoms with Gasteiger partial charge in [-0.3, -0.25) is 0 Å². The van der Waals surface area contributed by atoms with Crippen molar-refractivity contribution in [2.75, 3.05) is 19.6 Å². The number of ether oxygens (including phenoxy) is 2. The minimum atomic E-state index is -4.67. The molecule has 2 unspecified atom stereocenters. The third kappa shape index (κ3) is 4.76. The molecule has 0 saturated carbocycles. The van der Waals surface area contributed by atoms with Crippen LogP contribution >= 0.6 is 11.6 Å². The van der Waals surface area contributed by atoms with E-state index in [0.29, 0.717) is 17.1 Å².